The number of rotatable bonds is 4. The minimum absolute atomic E-state index is 0.450. The fourth-order valence-electron chi connectivity index (χ4n) is 2.92. The number of fused-ring (bicyclic) bond motifs is 1. The van der Waals surface area contributed by atoms with E-state index < -0.39 is 5.91 Å². The third-order valence-electron chi connectivity index (χ3n) is 4.42. The molecule has 1 aromatic heterocycles. The van der Waals surface area contributed by atoms with Gasteiger partial charge in [0.1, 0.15) is 0 Å². The van der Waals surface area contributed by atoms with Gasteiger partial charge in [-0.3, -0.25) is 9.78 Å². The van der Waals surface area contributed by atoms with Gasteiger partial charge in [-0.15, -0.1) is 0 Å². The summed E-state index contributed by atoms with van der Waals surface area (Å²) in [6.45, 7) is 6.88. The molecule has 0 aliphatic heterocycles. The van der Waals surface area contributed by atoms with Gasteiger partial charge in [0.05, 0.1) is 11.1 Å². The molecule has 4 nitrogen and oxygen atoms in total. The van der Waals surface area contributed by atoms with Crippen LogP contribution in [0.25, 0.3) is 10.9 Å². The molecule has 3 rings (SSSR count). The second-order valence-corrected chi connectivity index (χ2v) is 6.09. The van der Waals surface area contributed by atoms with E-state index in [0.717, 1.165) is 16.8 Å². The number of primary amides is 1. The number of nitrogens with zero attached hydrogens (tertiary/aromatic N) is 1. The van der Waals surface area contributed by atoms with E-state index in [1.807, 2.05) is 25.1 Å². The summed E-state index contributed by atoms with van der Waals surface area (Å²) >= 11 is 0. The number of aryl methyl sites for hydroxylation is 2. The fraction of sp³-hybridized carbons (Fsp3) is 0.200. The highest BCUT2D eigenvalue weighted by Crippen LogP contribution is 2.26. The van der Waals surface area contributed by atoms with Gasteiger partial charge in [-0.2, -0.15) is 0 Å². The molecule has 0 aliphatic carbocycles. The summed E-state index contributed by atoms with van der Waals surface area (Å²) in [4.78, 5) is 16.2. The molecule has 0 aliphatic rings. The van der Waals surface area contributed by atoms with Crippen LogP contribution in [0.2, 0.25) is 0 Å². The highest BCUT2D eigenvalue weighted by atomic mass is 16.1. The van der Waals surface area contributed by atoms with E-state index in [0.29, 0.717) is 17.6 Å². The Labute approximate surface area is 141 Å². The third kappa shape index (κ3) is 2.95. The topological polar surface area (TPSA) is 68.0 Å². The molecule has 3 N–H and O–H groups in total. The van der Waals surface area contributed by atoms with Crippen molar-refractivity contribution in [2.24, 2.45) is 5.73 Å². The van der Waals surface area contributed by atoms with Crippen molar-refractivity contribution in [1.29, 1.82) is 0 Å². The van der Waals surface area contributed by atoms with E-state index in [4.69, 9.17) is 5.73 Å². The minimum Gasteiger partial charge on any atom is -0.380 e. The first kappa shape index (κ1) is 16.0. The number of nitrogens with one attached hydrogen (secondary N) is 1. The predicted molar refractivity (Wildman–Crippen MR) is 98.2 cm³/mol. The minimum atomic E-state index is -0.459. The maximum atomic E-state index is 11.7. The van der Waals surface area contributed by atoms with E-state index >= 15 is 0 Å². The number of anilines is 1. The molecule has 4 heteroatoms. The summed E-state index contributed by atoms with van der Waals surface area (Å²) in [5.41, 5.74) is 12.2. The summed E-state index contributed by atoms with van der Waals surface area (Å²) in [5.74, 6) is -0.459. The van der Waals surface area contributed by atoms with E-state index in [1.54, 1.807) is 6.07 Å². The Balaban J connectivity index is 2.02. The van der Waals surface area contributed by atoms with Crippen LogP contribution < -0.4 is 11.1 Å². The van der Waals surface area contributed by atoms with Crippen LogP contribution in [0, 0.1) is 20.8 Å². The number of benzene rings is 2. The smallest absolute Gasteiger partial charge is 0.250 e. The van der Waals surface area contributed by atoms with Gasteiger partial charge in [-0.25, -0.2) is 0 Å². The van der Waals surface area contributed by atoms with Gasteiger partial charge in [0, 0.05) is 23.3 Å². The molecule has 0 unspecified atom stereocenters. The van der Waals surface area contributed by atoms with E-state index in [9.17, 15) is 4.79 Å². The van der Waals surface area contributed by atoms with Crippen LogP contribution in [-0.4, -0.2) is 10.9 Å². The molecule has 1 amide bonds. The Hall–Kier alpha value is -2.88. The molecule has 24 heavy (non-hydrogen) atoms. The van der Waals surface area contributed by atoms with Gasteiger partial charge < -0.3 is 11.1 Å². The van der Waals surface area contributed by atoms with E-state index in [2.05, 4.69) is 42.3 Å². The first-order valence-electron chi connectivity index (χ1n) is 7.96. The van der Waals surface area contributed by atoms with E-state index in [1.165, 1.54) is 16.7 Å². The Kier molecular flexibility index (Phi) is 4.21. The van der Waals surface area contributed by atoms with Gasteiger partial charge in [0.15, 0.2) is 0 Å². The van der Waals surface area contributed by atoms with Crippen molar-refractivity contribution in [3.8, 4) is 0 Å². The first-order chi connectivity index (χ1) is 11.5. The van der Waals surface area contributed by atoms with Crippen molar-refractivity contribution < 1.29 is 4.79 Å². The summed E-state index contributed by atoms with van der Waals surface area (Å²) < 4.78 is 0. The number of para-hydroxylation sites is 1. The average molecular weight is 319 g/mol. The fourth-order valence-corrected chi connectivity index (χ4v) is 2.92. The number of hydrogen-bond acceptors (Lipinski definition) is 3. The highest BCUT2D eigenvalue weighted by molar-refractivity contribution is 6.07. The van der Waals surface area contributed by atoms with Crippen molar-refractivity contribution in [2.45, 2.75) is 27.3 Å². The number of pyridine rings is 1. The number of nitrogens with two attached hydrogens (primary N) is 1. The van der Waals surface area contributed by atoms with Gasteiger partial charge in [-0.1, -0.05) is 30.3 Å². The average Bonchev–Trinajstić information content (AvgIpc) is 2.55. The van der Waals surface area contributed by atoms with Crippen LogP contribution in [0.15, 0.2) is 42.5 Å². The molecule has 0 bridgehead atoms. The molecule has 0 saturated carbocycles. The lowest BCUT2D eigenvalue weighted by Crippen LogP contribution is -2.12. The second kappa shape index (κ2) is 6.32. The molecule has 2 aromatic carbocycles. The largest absolute Gasteiger partial charge is 0.380 e. The molecule has 122 valence electrons. The normalized spacial score (nSPS) is 10.8. The molecular formula is C20H21N3O. The maximum Gasteiger partial charge on any atom is 0.250 e. The molecule has 1 heterocycles. The van der Waals surface area contributed by atoms with Crippen LogP contribution in [0.1, 0.15) is 32.7 Å². The van der Waals surface area contributed by atoms with Crippen molar-refractivity contribution in [3.63, 3.8) is 0 Å². The van der Waals surface area contributed by atoms with Crippen molar-refractivity contribution in [2.75, 3.05) is 5.32 Å². The number of amides is 1. The summed E-state index contributed by atoms with van der Waals surface area (Å²) in [7, 11) is 0. The van der Waals surface area contributed by atoms with Crippen LogP contribution in [-0.2, 0) is 6.54 Å². The van der Waals surface area contributed by atoms with Gasteiger partial charge in [0.2, 0.25) is 0 Å². The Morgan fingerprint density at radius 3 is 2.62 bits per heavy atom. The van der Waals surface area contributed by atoms with Gasteiger partial charge >= 0.3 is 0 Å². The van der Waals surface area contributed by atoms with Crippen molar-refractivity contribution in [3.05, 3.63) is 70.4 Å². The SMILES string of the molecule is Cc1cc(NCc2cccc(C)c2C)c2cccc(C(N)=O)c2n1. The molecule has 0 radical (unpaired) electrons. The molecule has 0 atom stereocenters. The van der Waals surface area contributed by atoms with Gasteiger partial charge in [-0.05, 0) is 49.6 Å². The zero-order valence-electron chi connectivity index (χ0n) is 14.2. The number of carbonyl (C=O) groups excluding carboxylic acids is 1. The monoisotopic (exact) mass is 319 g/mol. The molecule has 0 fully saturated rings. The zero-order valence-corrected chi connectivity index (χ0v) is 14.2. The van der Waals surface area contributed by atoms with Crippen LogP contribution in [0.4, 0.5) is 5.69 Å². The summed E-state index contributed by atoms with van der Waals surface area (Å²) in [5, 5.41) is 4.39. The number of hydrogen-bond donors (Lipinski definition) is 2. The predicted octanol–water partition coefficient (Wildman–Crippen LogP) is 3.87. The maximum absolute atomic E-state index is 11.7. The first-order valence-corrected chi connectivity index (χ1v) is 7.96. The van der Waals surface area contributed by atoms with Gasteiger partial charge in [0.25, 0.3) is 5.91 Å². The third-order valence-corrected chi connectivity index (χ3v) is 4.42. The molecule has 0 saturated heterocycles. The van der Waals surface area contributed by atoms with Crippen LogP contribution in [0.3, 0.4) is 0 Å². The summed E-state index contributed by atoms with van der Waals surface area (Å²) in [6.07, 6.45) is 0. The van der Waals surface area contributed by atoms with Crippen molar-refractivity contribution >= 4 is 22.5 Å². The quantitative estimate of drug-likeness (QED) is 0.767. The standard InChI is InChI=1S/C20H21N3O/c1-12-6-4-7-15(14(12)3)11-22-18-10-13(2)23-19-16(18)8-5-9-17(19)20(21)24/h4-10H,11H2,1-3H3,(H2,21,24)(H,22,23). The number of carbonyl (C=O) groups is 1. The summed E-state index contributed by atoms with van der Waals surface area (Å²) in [6, 6.07) is 13.8. The number of aromatic nitrogens is 1. The Bertz CT molecular complexity index is 932. The zero-order chi connectivity index (χ0) is 17.3. The highest BCUT2D eigenvalue weighted by Gasteiger charge is 2.11. The molecular weight excluding hydrogens is 298 g/mol. The molecule has 3 aromatic rings. The second-order valence-electron chi connectivity index (χ2n) is 6.09. The van der Waals surface area contributed by atoms with E-state index in [-0.39, 0.29) is 0 Å². The lowest BCUT2D eigenvalue weighted by atomic mass is 10.0. The molecule has 0 spiro atoms. The Morgan fingerprint density at radius 1 is 1.12 bits per heavy atom. The Morgan fingerprint density at radius 2 is 1.88 bits per heavy atom. The van der Waals surface area contributed by atoms with Crippen LogP contribution in [0.5, 0.6) is 0 Å². The van der Waals surface area contributed by atoms with Crippen LogP contribution >= 0.6 is 0 Å². The lowest BCUT2D eigenvalue weighted by molar-refractivity contribution is 0.100. The lowest BCUT2D eigenvalue weighted by Gasteiger charge is -2.14. The van der Waals surface area contributed by atoms with Crippen molar-refractivity contribution in [1.82, 2.24) is 4.98 Å².